The first-order chi connectivity index (χ1) is 6.31. The maximum atomic E-state index is 9.47. The van der Waals surface area contributed by atoms with Crippen molar-refractivity contribution < 1.29 is 5.21 Å². The Bertz CT molecular complexity index is 377. The maximum absolute atomic E-state index is 9.47. The van der Waals surface area contributed by atoms with Crippen molar-refractivity contribution in [1.29, 1.82) is 0 Å². The fraction of sp³-hybridized carbons (Fsp3) is 0.200. The van der Waals surface area contributed by atoms with Crippen molar-refractivity contribution in [3.05, 3.63) is 30.3 Å². The maximum Gasteiger partial charge on any atom is 0.117 e. The monoisotopic (exact) mass is 193 g/mol. The molecule has 0 saturated carbocycles. The van der Waals surface area contributed by atoms with Gasteiger partial charge >= 0.3 is 0 Å². The number of rotatable bonds is 2. The number of hydroxylamine groups is 1. The largest absolute Gasteiger partial charge is 0.288 e. The number of thiophene rings is 1. The molecule has 2 nitrogen and oxygen atoms in total. The third kappa shape index (κ3) is 1.53. The van der Waals surface area contributed by atoms with E-state index in [4.69, 9.17) is 0 Å². The zero-order valence-electron chi connectivity index (χ0n) is 7.40. The minimum Gasteiger partial charge on any atom is -0.288 e. The summed E-state index contributed by atoms with van der Waals surface area (Å²) in [5, 5.41) is 12.8. The zero-order chi connectivity index (χ0) is 9.26. The molecule has 2 aromatic rings. The Balaban J connectivity index is 2.49. The predicted molar refractivity (Wildman–Crippen MR) is 56.6 cm³/mol. The van der Waals surface area contributed by atoms with Gasteiger partial charge in [-0.3, -0.25) is 5.21 Å². The SMILES string of the molecule is CCN(O)c1cc2ccccc2s1. The second-order valence-corrected chi connectivity index (χ2v) is 3.90. The topological polar surface area (TPSA) is 23.5 Å². The molecule has 0 atom stereocenters. The lowest BCUT2D eigenvalue weighted by molar-refractivity contribution is 0.263. The Hall–Kier alpha value is -1.06. The van der Waals surface area contributed by atoms with Crippen LogP contribution in [0.5, 0.6) is 0 Å². The molecule has 3 heteroatoms. The van der Waals surface area contributed by atoms with Crippen molar-refractivity contribution in [1.82, 2.24) is 0 Å². The second kappa shape index (κ2) is 3.36. The molecular formula is C10H11NOS. The molecule has 1 N–H and O–H groups in total. The van der Waals surface area contributed by atoms with Crippen LogP contribution in [0.3, 0.4) is 0 Å². The average molecular weight is 193 g/mol. The molecule has 0 bridgehead atoms. The van der Waals surface area contributed by atoms with Gasteiger partial charge < -0.3 is 0 Å². The predicted octanol–water partition coefficient (Wildman–Crippen LogP) is 3.12. The lowest BCUT2D eigenvalue weighted by Gasteiger charge is -2.09. The van der Waals surface area contributed by atoms with Crippen LogP contribution in [0.25, 0.3) is 10.1 Å². The van der Waals surface area contributed by atoms with Crippen LogP contribution in [0.2, 0.25) is 0 Å². The molecule has 0 amide bonds. The summed E-state index contributed by atoms with van der Waals surface area (Å²) in [5.74, 6) is 0. The van der Waals surface area contributed by atoms with E-state index in [0.717, 1.165) is 5.00 Å². The fourth-order valence-electron chi connectivity index (χ4n) is 1.25. The highest BCUT2D eigenvalue weighted by Crippen LogP contribution is 2.31. The van der Waals surface area contributed by atoms with Crippen LogP contribution in [0.15, 0.2) is 30.3 Å². The fourth-order valence-corrected chi connectivity index (χ4v) is 2.29. The first-order valence-electron chi connectivity index (χ1n) is 4.26. The van der Waals surface area contributed by atoms with Gasteiger partial charge in [-0.25, -0.2) is 5.06 Å². The smallest absolute Gasteiger partial charge is 0.117 e. The van der Waals surface area contributed by atoms with Crippen LogP contribution < -0.4 is 5.06 Å². The summed E-state index contributed by atoms with van der Waals surface area (Å²) < 4.78 is 1.21. The van der Waals surface area contributed by atoms with Gasteiger partial charge in [0.25, 0.3) is 0 Å². The summed E-state index contributed by atoms with van der Waals surface area (Å²) >= 11 is 1.61. The molecule has 0 aliphatic carbocycles. The zero-order valence-corrected chi connectivity index (χ0v) is 8.21. The van der Waals surface area contributed by atoms with E-state index in [1.807, 2.05) is 25.1 Å². The van der Waals surface area contributed by atoms with Crippen LogP contribution in [0, 0.1) is 0 Å². The van der Waals surface area contributed by atoms with Crippen LogP contribution >= 0.6 is 11.3 Å². The molecule has 13 heavy (non-hydrogen) atoms. The highest BCUT2D eigenvalue weighted by Gasteiger charge is 2.04. The van der Waals surface area contributed by atoms with Gasteiger partial charge in [0.15, 0.2) is 0 Å². The highest BCUT2D eigenvalue weighted by molar-refractivity contribution is 7.22. The van der Waals surface area contributed by atoms with Crippen LogP contribution in [-0.2, 0) is 0 Å². The number of nitrogens with zero attached hydrogens (tertiary/aromatic N) is 1. The van der Waals surface area contributed by atoms with E-state index in [0.29, 0.717) is 6.54 Å². The van der Waals surface area contributed by atoms with Gasteiger partial charge in [-0.05, 0) is 24.4 Å². The molecule has 0 fully saturated rings. The Morgan fingerprint density at radius 2 is 2.15 bits per heavy atom. The van der Waals surface area contributed by atoms with Gasteiger partial charge in [0.05, 0.1) is 0 Å². The summed E-state index contributed by atoms with van der Waals surface area (Å²) in [7, 11) is 0. The highest BCUT2D eigenvalue weighted by atomic mass is 32.1. The van der Waals surface area contributed by atoms with E-state index >= 15 is 0 Å². The summed E-state index contributed by atoms with van der Waals surface area (Å²) in [4.78, 5) is 0. The lowest BCUT2D eigenvalue weighted by atomic mass is 10.3. The minimum absolute atomic E-state index is 0.618. The van der Waals surface area contributed by atoms with E-state index in [-0.39, 0.29) is 0 Å². The quantitative estimate of drug-likeness (QED) is 0.741. The van der Waals surface area contributed by atoms with Gasteiger partial charge in [0, 0.05) is 11.2 Å². The molecule has 0 aliphatic rings. The van der Waals surface area contributed by atoms with Crippen LogP contribution in [0.4, 0.5) is 5.00 Å². The molecular weight excluding hydrogens is 182 g/mol. The Kier molecular flexibility index (Phi) is 2.20. The second-order valence-electron chi connectivity index (χ2n) is 2.84. The first-order valence-corrected chi connectivity index (χ1v) is 5.08. The lowest BCUT2D eigenvalue weighted by Crippen LogP contribution is -2.14. The van der Waals surface area contributed by atoms with Gasteiger partial charge in [0.2, 0.25) is 0 Å². The van der Waals surface area contributed by atoms with E-state index in [9.17, 15) is 5.21 Å². The average Bonchev–Trinajstić information content (AvgIpc) is 2.59. The summed E-state index contributed by atoms with van der Waals surface area (Å²) in [6, 6.07) is 10.1. The molecule has 2 rings (SSSR count). The molecule has 1 heterocycles. The summed E-state index contributed by atoms with van der Waals surface area (Å²) in [6.45, 7) is 2.54. The summed E-state index contributed by atoms with van der Waals surface area (Å²) in [6.07, 6.45) is 0. The molecule has 0 unspecified atom stereocenters. The molecule has 68 valence electrons. The van der Waals surface area contributed by atoms with Crippen molar-refractivity contribution in [2.75, 3.05) is 11.6 Å². The molecule has 0 saturated heterocycles. The minimum atomic E-state index is 0.618. The van der Waals surface area contributed by atoms with Gasteiger partial charge in [-0.15, -0.1) is 11.3 Å². The third-order valence-corrected chi connectivity index (χ3v) is 3.10. The van der Waals surface area contributed by atoms with Crippen LogP contribution in [-0.4, -0.2) is 11.8 Å². The normalized spacial score (nSPS) is 10.6. The Morgan fingerprint density at radius 3 is 2.85 bits per heavy atom. The standard InChI is InChI=1S/C10H11NOS/c1-2-11(12)10-7-8-5-3-4-6-9(8)13-10/h3-7,12H,2H2,1H3. The van der Waals surface area contributed by atoms with Gasteiger partial charge in [0.1, 0.15) is 5.00 Å². The molecule has 1 aromatic heterocycles. The van der Waals surface area contributed by atoms with Crippen molar-refractivity contribution in [3.63, 3.8) is 0 Å². The van der Waals surface area contributed by atoms with Gasteiger partial charge in [-0.2, -0.15) is 0 Å². The third-order valence-electron chi connectivity index (χ3n) is 1.97. The van der Waals surface area contributed by atoms with Gasteiger partial charge in [-0.1, -0.05) is 18.2 Å². The number of benzene rings is 1. The van der Waals surface area contributed by atoms with E-state index in [2.05, 4.69) is 12.1 Å². The van der Waals surface area contributed by atoms with Crippen molar-refractivity contribution in [2.24, 2.45) is 0 Å². The van der Waals surface area contributed by atoms with E-state index < -0.39 is 0 Å². The number of anilines is 1. The number of fused-ring (bicyclic) bond motifs is 1. The molecule has 0 radical (unpaired) electrons. The van der Waals surface area contributed by atoms with Crippen molar-refractivity contribution in [3.8, 4) is 0 Å². The number of hydrogen-bond donors (Lipinski definition) is 1. The van der Waals surface area contributed by atoms with Crippen LogP contribution in [0.1, 0.15) is 6.92 Å². The molecule has 1 aromatic carbocycles. The Labute approximate surface area is 81.0 Å². The first kappa shape index (κ1) is 8.53. The Morgan fingerprint density at radius 1 is 1.38 bits per heavy atom. The molecule has 0 aliphatic heterocycles. The van der Waals surface area contributed by atoms with E-state index in [1.54, 1.807) is 11.3 Å². The van der Waals surface area contributed by atoms with Crippen molar-refractivity contribution >= 4 is 26.4 Å². The summed E-state index contributed by atoms with van der Waals surface area (Å²) in [5.41, 5.74) is 0. The number of hydrogen-bond acceptors (Lipinski definition) is 3. The van der Waals surface area contributed by atoms with E-state index in [1.165, 1.54) is 15.1 Å². The van der Waals surface area contributed by atoms with Crippen molar-refractivity contribution in [2.45, 2.75) is 6.92 Å². The molecule has 0 spiro atoms.